The Morgan fingerprint density at radius 1 is 1.00 bits per heavy atom. The van der Waals surface area contributed by atoms with Crippen LogP contribution in [0.5, 0.6) is 5.75 Å². The molecule has 2 aromatic carbocycles. The standard InChI is InChI=1S/C22H25NO3/c1-15-4-5-18(12-16(15)2)19-6-7-21-20(13-19)14-25-22(26-21)8-10-23(11-9-22)17(3)24/h4-7,12-13H,8-11,14H2,1-3H3. The van der Waals surface area contributed by atoms with Crippen LogP contribution < -0.4 is 4.74 Å². The molecule has 0 bridgehead atoms. The van der Waals surface area contributed by atoms with E-state index in [-0.39, 0.29) is 5.91 Å². The number of nitrogens with zero attached hydrogens (tertiary/aromatic N) is 1. The summed E-state index contributed by atoms with van der Waals surface area (Å²) in [4.78, 5) is 13.4. The molecule has 0 N–H and O–H groups in total. The SMILES string of the molecule is CC(=O)N1CCC2(CC1)OCc1cc(-c3ccc(C)c(C)c3)ccc1O2. The van der Waals surface area contributed by atoms with E-state index in [2.05, 4.69) is 50.2 Å². The summed E-state index contributed by atoms with van der Waals surface area (Å²) in [5.74, 6) is 0.440. The van der Waals surface area contributed by atoms with Crippen molar-refractivity contribution >= 4 is 5.91 Å². The van der Waals surface area contributed by atoms with Gasteiger partial charge in [-0.05, 0) is 48.2 Å². The van der Waals surface area contributed by atoms with Crippen LogP contribution in [0.1, 0.15) is 36.5 Å². The number of hydrogen-bond donors (Lipinski definition) is 0. The molecule has 2 aliphatic heterocycles. The number of hydrogen-bond acceptors (Lipinski definition) is 3. The van der Waals surface area contributed by atoms with Crippen LogP contribution in [0, 0.1) is 13.8 Å². The Bertz CT molecular complexity index is 850. The van der Waals surface area contributed by atoms with Crippen LogP contribution in [0.4, 0.5) is 0 Å². The molecule has 0 unspecified atom stereocenters. The minimum absolute atomic E-state index is 0.120. The quantitative estimate of drug-likeness (QED) is 0.772. The van der Waals surface area contributed by atoms with Gasteiger partial charge in [0.15, 0.2) is 0 Å². The van der Waals surface area contributed by atoms with Crippen LogP contribution in [0.2, 0.25) is 0 Å². The normalized spacial score (nSPS) is 18.3. The molecule has 0 atom stereocenters. The second-order valence-electron chi connectivity index (χ2n) is 7.43. The molecule has 0 saturated carbocycles. The Morgan fingerprint density at radius 3 is 2.38 bits per heavy atom. The van der Waals surface area contributed by atoms with Crippen molar-refractivity contribution in [2.24, 2.45) is 0 Å². The Kier molecular flexibility index (Phi) is 4.23. The summed E-state index contributed by atoms with van der Waals surface area (Å²) in [5.41, 5.74) is 6.08. The fourth-order valence-electron chi connectivity index (χ4n) is 3.74. The second kappa shape index (κ2) is 6.44. The van der Waals surface area contributed by atoms with E-state index in [0.717, 1.165) is 11.3 Å². The lowest BCUT2D eigenvalue weighted by Crippen LogP contribution is -2.52. The second-order valence-corrected chi connectivity index (χ2v) is 7.43. The molecular formula is C22H25NO3. The predicted octanol–water partition coefficient (Wildman–Crippen LogP) is 4.22. The van der Waals surface area contributed by atoms with Crippen LogP contribution in [0.15, 0.2) is 36.4 Å². The fourth-order valence-corrected chi connectivity index (χ4v) is 3.74. The highest BCUT2D eigenvalue weighted by molar-refractivity contribution is 5.73. The molecule has 1 fully saturated rings. The molecule has 1 amide bonds. The Hall–Kier alpha value is -2.33. The van der Waals surface area contributed by atoms with Gasteiger partial charge in [0.25, 0.3) is 0 Å². The van der Waals surface area contributed by atoms with Gasteiger partial charge in [-0.3, -0.25) is 4.79 Å². The molecule has 0 aromatic heterocycles. The molecule has 26 heavy (non-hydrogen) atoms. The zero-order valence-corrected chi connectivity index (χ0v) is 15.7. The van der Waals surface area contributed by atoms with E-state index < -0.39 is 5.79 Å². The molecule has 2 aliphatic rings. The number of carbonyl (C=O) groups excluding carboxylic acids is 1. The first-order valence-electron chi connectivity index (χ1n) is 9.25. The van der Waals surface area contributed by atoms with Crippen molar-refractivity contribution < 1.29 is 14.3 Å². The van der Waals surface area contributed by atoms with Gasteiger partial charge in [-0.2, -0.15) is 0 Å². The molecular weight excluding hydrogens is 326 g/mol. The van der Waals surface area contributed by atoms with Gasteiger partial charge in [0.2, 0.25) is 11.7 Å². The number of aryl methyl sites for hydroxylation is 2. The third-order valence-corrected chi connectivity index (χ3v) is 5.66. The maximum absolute atomic E-state index is 11.5. The summed E-state index contributed by atoms with van der Waals surface area (Å²) in [7, 11) is 0. The molecule has 4 nitrogen and oxygen atoms in total. The van der Waals surface area contributed by atoms with Gasteiger partial charge in [-0.15, -0.1) is 0 Å². The zero-order valence-electron chi connectivity index (χ0n) is 15.7. The largest absolute Gasteiger partial charge is 0.462 e. The third-order valence-electron chi connectivity index (χ3n) is 5.66. The van der Waals surface area contributed by atoms with Crippen molar-refractivity contribution in [1.29, 1.82) is 0 Å². The maximum atomic E-state index is 11.5. The zero-order chi connectivity index (χ0) is 18.3. The van der Waals surface area contributed by atoms with Crippen LogP contribution >= 0.6 is 0 Å². The molecule has 136 valence electrons. The highest BCUT2D eigenvalue weighted by Gasteiger charge is 2.41. The predicted molar refractivity (Wildman–Crippen MR) is 101 cm³/mol. The third kappa shape index (κ3) is 3.10. The first kappa shape index (κ1) is 17.1. The number of amides is 1. The summed E-state index contributed by atoms with van der Waals surface area (Å²) < 4.78 is 12.4. The van der Waals surface area contributed by atoms with Crippen LogP contribution in [-0.4, -0.2) is 29.7 Å². The molecule has 1 saturated heterocycles. The summed E-state index contributed by atoms with van der Waals surface area (Å²) in [6, 6.07) is 12.9. The van der Waals surface area contributed by atoms with E-state index in [1.165, 1.54) is 22.3 Å². The van der Waals surface area contributed by atoms with E-state index >= 15 is 0 Å². The molecule has 0 aliphatic carbocycles. The van der Waals surface area contributed by atoms with Gasteiger partial charge in [0.1, 0.15) is 5.75 Å². The van der Waals surface area contributed by atoms with E-state index in [4.69, 9.17) is 9.47 Å². The van der Waals surface area contributed by atoms with Crippen molar-refractivity contribution in [3.63, 3.8) is 0 Å². The number of carbonyl (C=O) groups is 1. The topological polar surface area (TPSA) is 38.8 Å². The Labute approximate surface area is 154 Å². The van der Waals surface area contributed by atoms with E-state index in [0.29, 0.717) is 32.5 Å². The lowest BCUT2D eigenvalue weighted by Gasteiger charge is -2.43. The minimum atomic E-state index is -0.582. The van der Waals surface area contributed by atoms with Crippen LogP contribution in [-0.2, 0) is 16.1 Å². The molecule has 2 aromatic rings. The summed E-state index contributed by atoms with van der Waals surface area (Å²) in [5, 5.41) is 0. The van der Waals surface area contributed by atoms with Crippen molar-refractivity contribution in [2.75, 3.05) is 13.1 Å². The van der Waals surface area contributed by atoms with Crippen molar-refractivity contribution in [3.05, 3.63) is 53.1 Å². The van der Waals surface area contributed by atoms with Crippen molar-refractivity contribution in [1.82, 2.24) is 4.90 Å². The first-order valence-corrected chi connectivity index (χ1v) is 9.25. The van der Waals surface area contributed by atoms with Crippen LogP contribution in [0.3, 0.4) is 0 Å². The Morgan fingerprint density at radius 2 is 1.69 bits per heavy atom. The van der Waals surface area contributed by atoms with Gasteiger partial charge < -0.3 is 14.4 Å². The number of ether oxygens (including phenoxy) is 2. The smallest absolute Gasteiger partial charge is 0.219 e. The molecule has 0 radical (unpaired) electrons. The van der Waals surface area contributed by atoms with E-state index in [1.807, 2.05) is 4.90 Å². The molecule has 1 spiro atoms. The highest BCUT2D eigenvalue weighted by atomic mass is 16.7. The Balaban J connectivity index is 1.54. The van der Waals surface area contributed by atoms with Gasteiger partial charge in [-0.25, -0.2) is 0 Å². The molecule has 2 heterocycles. The number of piperidine rings is 1. The average Bonchev–Trinajstić information content (AvgIpc) is 2.64. The fraction of sp³-hybridized carbons (Fsp3) is 0.409. The van der Waals surface area contributed by atoms with E-state index in [1.54, 1.807) is 6.92 Å². The lowest BCUT2D eigenvalue weighted by molar-refractivity contribution is -0.227. The van der Waals surface area contributed by atoms with E-state index in [9.17, 15) is 4.79 Å². The molecule has 4 heteroatoms. The summed E-state index contributed by atoms with van der Waals surface area (Å²) >= 11 is 0. The number of likely N-dealkylation sites (tertiary alicyclic amines) is 1. The molecule has 4 rings (SSSR count). The van der Waals surface area contributed by atoms with Crippen molar-refractivity contribution in [2.45, 2.75) is 46.0 Å². The van der Waals surface area contributed by atoms with Gasteiger partial charge >= 0.3 is 0 Å². The monoisotopic (exact) mass is 351 g/mol. The van der Waals surface area contributed by atoms with Crippen LogP contribution in [0.25, 0.3) is 11.1 Å². The highest BCUT2D eigenvalue weighted by Crippen LogP contribution is 2.39. The first-order chi connectivity index (χ1) is 12.5. The summed E-state index contributed by atoms with van der Waals surface area (Å²) in [6.07, 6.45) is 1.43. The lowest BCUT2D eigenvalue weighted by atomic mass is 9.97. The van der Waals surface area contributed by atoms with Crippen molar-refractivity contribution in [3.8, 4) is 16.9 Å². The summed E-state index contributed by atoms with van der Waals surface area (Å²) in [6.45, 7) is 7.81. The number of rotatable bonds is 1. The number of fused-ring (bicyclic) bond motifs is 1. The van der Waals surface area contributed by atoms with Gasteiger partial charge in [-0.1, -0.05) is 24.3 Å². The average molecular weight is 351 g/mol. The number of benzene rings is 2. The van der Waals surface area contributed by atoms with Gasteiger partial charge in [0.05, 0.1) is 6.61 Å². The maximum Gasteiger partial charge on any atom is 0.219 e. The van der Waals surface area contributed by atoms with Gasteiger partial charge in [0, 0.05) is 38.4 Å². The minimum Gasteiger partial charge on any atom is -0.462 e.